The van der Waals surface area contributed by atoms with Crippen molar-refractivity contribution in [1.82, 2.24) is 0 Å². The molecule has 0 fully saturated rings. The second kappa shape index (κ2) is 29.0. The van der Waals surface area contributed by atoms with Gasteiger partial charge >= 0.3 is 0 Å². The van der Waals surface area contributed by atoms with Crippen LogP contribution in [0.25, 0.3) is 0 Å². The maximum absolute atomic E-state index is 14.1. The Morgan fingerprint density at radius 1 is 0.469 bits per heavy atom. The first-order valence-electron chi connectivity index (χ1n) is 21.2. The number of hydrogen-bond acceptors (Lipinski definition) is 0. The third kappa shape index (κ3) is 20.9. The molecule has 0 heterocycles. The minimum Gasteiger partial charge on any atom is -0.203 e. The maximum atomic E-state index is 14.1. The third-order valence-electron chi connectivity index (χ3n) is 11.1. The van der Waals surface area contributed by atoms with Crippen molar-refractivity contribution in [2.45, 2.75) is 204 Å². The Balaban J connectivity index is 0.000000941. The molecule has 0 amide bonds. The first kappa shape index (κ1) is 48.4. The number of hydrogen-bond donors (Lipinski definition) is 0. The number of unbranched alkanes of at least 4 members (excludes halogenated alkanes) is 7. The third-order valence-corrected chi connectivity index (χ3v) is 14.2. The summed E-state index contributed by atoms with van der Waals surface area (Å²) in [6.07, 6.45) is 28.6. The highest BCUT2D eigenvalue weighted by Crippen LogP contribution is 2.42. The average molecular weight is 717 g/mol. The molecule has 0 aromatic heterocycles. The summed E-state index contributed by atoms with van der Waals surface area (Å²) in [7, 11) is -1.39. The fraction of sp³-hybridized carbons (Fsp3) is 0.860. The summed E-state index contributed by atoms with van der Waals surface area (Å²) in [6.45, 7) is 23.8. The van der Waals surface area contributed by atoms with E-state index in [1.54, 1.807) is 0 Å². The molecule has 0 bridgehead atoms. The van der Waals surface area contributed by atoms with E-state index in [0.29, 0.717) is 0 Å². The van der Waals surface area contributed by atoms with Gasteiger partial charge in [0.1, 0.15) is 5.30 Å². The average Bonchev–Trinajstić information content (AvgIpc) is 3.03. The molecule has 0 saturated heterocycles. The Morgan fingerprint density at radius 3 is 1.22 bits per heavy atom. The van der Waals surface area contributed by atoms with E-state index in [1.807, 2.05) is 6.92 Å². The molecular formula is C43H82BF4P. The fourth-order valence-electron chi connectivity index (χ4n) is 9.34. The van der Waals surface area contributed by atoms with Gasteiger partial charge in [0.05, 0.1) is 12.3 Å². The largest absolute Gasteiger partial charge is 0.203 e. The highest BCUT2D eigenvalue weighted by Gasteiger charge is 2.31. The molecule has 1 aromatic rings. The molecular weight excluding hydrogens is 634 g/mol. The predicted molar refractivity (Wildman–Crippen MR) is 218 cm³/mol. The highest BCUT2D eigenvalue weighted by atomic mass is 31.1. The molecule has 290 valence electrons. The van der Waals surface area contributed by atoms with Crippen molar-refractivity contribution < 1.29 is 17.6 Å². The van der Waals surface area contributed by atoms with Crippen LogP contribution in [0, 0.1) is 46.9 Å². The lowest BCUT2D eigenvalue weighted by Gasteiger charge is -2.47. The fourth-order valence-corrected chi connectivity index (χ4v) is 12.3. The molecule has 1 aromatic carbocycles. The Bertz CT molecular complexity index is 879. The predicted octanol–water partition coefficient (Wildman–Crippen LogP) is 15.8. The summed E-state index contributed by atoms with van der Waals surface area (Å²) in [6, 6.07) is 0.888. The molecule has 5 unspecified atom stereocenters. The molecule has 0 nitrogen and oxygen atoms in total. The molecule has 0 saturated carbocycles. The van der Waals surface area contributed by atoms with Crippen molar-refractivity contribution in [2.24, 2.45) is 23.7 Å². The van der Waals surface area contributed by atoms with Crippen molar-refractivity contribution in [2.75, 3.05) is 12.3 Å². The molecule has 0 aliphatic carbocycles. The minimum atomic E-state index is -1.70. The summed E-state index contributed by atoms with van der Waals surface area (Å²) < 4.78 is 54.3. The van der Waals surface area contributed by atoms with Crippen LogP contribution < -0.4 is 5.30 Å². The summed E-state index contributed by atoms with van der Waals surface area (Å²) in [5.41, 5.74) is 0. The van der Waals surface area contributed by atoms with Crippen LogP contribution >= 0.6 is 7.92 Å². The summed E-state index contributed by atoms with van der Waals surface area (Å²) in [5.74, 6) is -2.15. The molecule has 0 N–H and O–H groups in total. The Morgan fingerprint density at radius 2 is 0.837 bits per heavy atom. The van der Waals surface area contributed by atoms with Crippen LogP contribution in [0.2, 0.25) is 25.3 Å². The van der Waals surface area contributed by atoms with Gasteiger partial charge in [0.2, 0.25) is 11.6 Å². The van der Waals surface area contributed by atoms with Crippen LogP contribution in [-0.2, 0) is 0 Å². The smallest absolute Gasteiger partial charge is 0.203 e. The highest BCUT2D eigenvalue weighted by molar-refractivity contribution is 7.65. The second-order valence-corrected chi connectivity index (χ2v) is 19.4. The SMILES string of the molecule is CCCC(C)C[B-](CC(C)CCC)(CC(C)CCC)CC(C)CCC.CCCCCCCCC[PH+](CCCC)c1cc(F)c(F)c(F)c1F. The first-order chi connectivity index (χ1) is 23.3. The van der Waals surface area contributed by atoms with Crippen LogP contribution in [-0.4, -0.2) is 18.5 Å². The standard InChI is InChI=1S/C24H52B.C19H29F4P/c1-9-13-21(5)17-25(18-22(6)14-10-2,19-23(7)15-11-3)20-24(8)16-12-4;1-3-5-7-8-9-10-11-13-24(12-6-4-2)16-14-15(20)17(21)19(23)18(16)22/h21-24H,9-20H2,1-8H3;14H,3-13H2,1-2H3/q-1;/p+1. The molecule has 49 heavy (non-hydrogen) atoms. The van der Waals surface area contributed by atoms with Gasteiger partial charge in [0.15, 0.2) is 11.6 Å². The summed E-state index contributed by atoms with van der Waals surface area (Å²) in [4.78, 5) is 0. The zero-order valence-electron chi connectivity index (χ0n) is 34.2. The summed E-state index contributed by atoms with van der Waals surface area (Å²) >= 11 is 0. The Labute approximate surface area is 305 Å². The van der Waals surface area contributed by atoms with Gasteiger partial charge in [-0.15, -0.1) is 0 Å². The van der Waals surface area contributed by atoms with Crippen molar-refractivity contribution >= 4 is 19.4 Å². The quantitative estimate of drug-likeness (QED) is 0.0202. The van der Waals surface area contributed by atoms with Crippen LogP contribution in [0.1, 0.15) is 178 Å². The van der Waals surface area contributed by atoms with Crippen LogP contribution in [0.15, 0.2) is 6.07 Å². The van der Waals surface area contributed by atoms with Crippen molar-refractivity contribution in [1.29, 1.82) is 0 Å². The van der Waals surface area contributed by atoms with Gasteiger partial charge in [0.25, 0.3) is 0 Å². The van der Waals surface area contributed by atoms with Gasteiger partial charge in [-0.25, -0.2) is 13.2 Å². The van der Waals surface area contributed by atoms with Gasteiger partial charge in [-0.2, -0.15) is 29.7 Å². The topological polar surface area (TPSA) is 0 Å². The first-order valence-corrected chi connectivity index (χ1v) is 23.2. The van der Waals surface area contributed by atoms with Gasteiger partial charge < -0.3 is 0 Å². The lowest BCUT2D eigenvalue weighted by Crippen LogP contribution is -2.41. The van der Waals surface area contributed by atoms with E-state index in [0.717, 1.165) is 74.2 Å². The monoisotopic (exact) mass is 717 g/mol. The van der Waals surface area contributed by atoms with Crippen molar-refractivity contribution in [3.8, 4) is 0 Å². The molecule has 0 aliphatic heterocycles. The van der Waals surface area contributed by atoms with Crippen molar-refractivity contribution in [3.05, 3.63) is 29.3 Å². The zero-order chi connectivity index (χ0) is 37.2. The van der Waals surface area contributed by atoms with E-state index < -0.39 is 31.2 Å². The maximum Gasteiger partial charge on any atom is 0.203 e. The summed E-state index contributed by atoms with van der Waals surface area (Å²) in [5, 5.41) is 0.0934. The van der Waals surface area contributed by atoms with E-state index in [-0.39, 0.29) is 11.5 Å². The van der Waals surface area contributed by atoms with E-state index in [4.69, 9.17) is 0 Å². The van der Waals surface area contributed by atoms with E-state index in [9.17, 15) is 17.6 Å². The lowest BCUT2D eigenvalue weighted by molar-refractivity contribution is 0.412. The molecule has 5 atom stereocenters. The van der Waals surface area contributed by atoms with Crippen molar-refractivity contribution in [3.63, 3.8) is 0 Å². The number of halogens is 4. The number of benzene rings is 1. The molecule has 1 rings (SSSR count). The van der Waals surface area contributed by atoms with Gasteiger partial charge in [-0.1, -0.05) is 183 Å². The zero-order valence-corrected chi connectivity index (χ0v) is 35.2. The minimum absolute atomic E-state index is 0.0934. The Kier molecular flexibility index (Phi) is 28.6. The van der Waals surface area contributed by atoms with Crippen LogP contribution in [0.4, 0.5) is 17.6 Å². The Hall–Kier alpha value is -0.565. The van der Waals surface area contributed by atoms with Gasteiger partial charge in [-0.05, 0) is 19.3 Å². The molecule has 0 spiro atoms. The molecule has 0 aliphatic rings. The van der Waals surface area contributed by atoms with Gasteiger partial charge in [-0.3, -0.25) is 0 Å². The molecule has 6 heteroatoms. The lowest BCUT2D eigenvalue weighted by atomic mass is 9.14. The van der Waals surface area contributed by atoms with E-state index in [1.165, 1.54) is 102 Å². The van der Waals surface area contributed by atoms with E-state index >= 15 is 0 Å². The van der Waals surface area contributed by atoms with Crippen LogP contribution in [0.5, 0.6) is 0 Å². The van der Waals surface area contributed by atoms with Crippen LogP contribution in [0.3, 0.4) is 0 Å². The van der Waals surface area contributed by atoms with Gasteiger partial charge in [0, 0.05) is 20.1 Å². The molecule has 0 radical (unpaired) electrons. The normalized spacial score (nSPS) is 16.0. The second-order valence-electron chi connectivity index (χ2n) is 16.7. The van der Waals surface area contributed by atoms with E-state index in [2.05, 4.69) is 62.3 Å². The number of rotatable bonds is 28.